The van der Waals surface area contributed by atoms with E-state index in [2.05, 4.69) is 6.07 Å². The Morgan fingerprint density at radius 3 is 2.43 bits per heavy atom. The quantitative estimate of drug-likeness (QED) is 0.746. The fourth-order valence-corrected chi connectivity index (χ4v) is 4.11. The van der Waals surface area contributed by atoms with Crippen LogP contribution in [0.15, 0.2) is 48.5 Å². The fraction of sp³-hybridized carbons (Fsp3) is 0.400. The van der Waals surface area contributed by atoms with Gasteiger partial charge in [-0.3, -0.25) is 9.59 Å². The average molecular weight is 404 g/mol. The van der Waals surface area contributed by atoms with Crippen LogP contribution in [0.25, 0.3) is 0 Å². The van der Waals surface area contributed by atoms with Gasteiger partial charge >= 0.3 is 0 Å². The number of nitrogens with zero attached hydrogens (tertiary/aromatic N) is 3. The summed E-state index contributed by atoms with van der Waals surface area (Å²) in [7, 11) is 0. The number of carbonyl (C=O) groups excluding carboxylic acids is 2. The number of carbonyl (C=O) groups is 2. The number of hydrogen-bond acceptors (Lipinski definition) is 3. The number of benzene rings is 2. The second kappa shape index (κ2) is 9.58. The first-order valence-corrected chi connectivity index (χ1v) is 10.6. The maximum absolute atomic E-state index is 13.4. The fourth-order valence-electron chi connectivity index (χ4n) is 4.11. The van der Waals surface area contributed by atoms with Crippen molar-refractivity contribution in [3.8, 4) is 6.07 Å². The van der Waals surface area contributed by atoms with Gasteiger partial charge in [-0.15, -0.1) is 0 Å². The van der Waals surface area contributed by atoms with Gasteiger partial charge in [0.15, 0.2) is 0 Å². The molecule has 0 spiro atoms. The smallest absolute Gasteiger partial charge is 0.253 e. The second-order valence-electron chi connectivity index (χ2n) is 7.99. The minimum absolute atomic E-state index is 0.00399. The van der Waals surface area contributed by atoms with Crippen LogP contribution in [-0.2, 0) is 4.79 Å². The molecule has 0 aromatic heterocycles. The Morgan fingerprint density at radius 2 is 1.83 bits per heavy atom. The molecular formula is C25H29N3O2. The number of amides is 2. The number of nitriles is 1. The highest BCUT2D eigenvalue weighted by atomic mass is 16.2. The molecule has 1 aliphatic heterocycles. The van der Waals surface area contributed by atoms with E-state index in [1.165, 1.54) is 0 Å². The lowest BCUT2D eigenvalue weighted by molar-refractivity contribution is -0.139. The lowest BCUT2D eigenvalue weighted by atomic mass is 9.94. The maximum Gasteiger partial charge on any atom is 0.253 e. The first-order valence-electron chi connectivity index (χ1n) is 10.6. The molecule has 0 bridgehead atoms. The summed E-state index contributed by atoms with van der Waals surface area (Å²) in [6, 6.07) is 17.0. The summed E-state index contributed by atoms with van der Waals surface area (Å²) < 4.78 is 0. The van der Waals surface area contributed by atoms with Crippen molar-refractivity contribution >= 4 is 11.8 Å². The van der Waals surface area contributed by atoms with Gasteiger partial charge in [0, 0.05) is 25.2 Å². The standard InChI is InChI=1S/C25H29N3O2/c1-4-28(19(3)21-13-9-20(16-26)10-14-21)25(30)23-6-5-15-27(17-23)24(29)22-11-7-18(2)8-12-22/h7-14,19,23H,4-6,15,17H2,1-3H3. The lowest BCUT2D eigenvalue weighted by Crippen LogP contribution is -2.47. The highest BCUT2D eigenvalue weighted by Gasteiger charge is 2.33. The van der Waals surface area contributed by atoms with Crippen LogP contribution in [0.2, 0.25) is 0 Å². The van der Waals surface area contributed by atoms with Crippen LogP contribution in [0.1, 0.15) is 59.8 Å². The molecule has 2 unspecified atom stereocenters. The van der Waals surface area contributed by atoms with Crippen LogP contribution in [0.5, 0.6) is 0 Å². The molecule has 2 aromatic carbocycles. The van der Waals surface area contributed by atoms with Crippen LogP contribution < -0.4 is 0 Å². The molecular weight excluding hydrogens is 374 g/mol. The Hall–Kier alpha value is -3.13. The molecule has 156 valence electrons. The van der Waals surface area contributed by atoms with Gasteiger partial charge in [-0.05, 0) is 63.4 Å². The van der Waals surface area contributed by atoms with Gasteiger partial charge in [-0.1, -0.05) is 29.8 Å². The molecule has 0 radical (unpaired) electrons. The average Bonchev–Trinajstić information content (AvgIpc) is 2.79. The summed E-state index contributed by atoms with van der Waals surface area (Å²) >= 11 is 0. The van der Waals surface area contributed by atoms with Crippen molar-refractivity contribution in [2.24, 2.45) is 5.92 Å². The largest absolute Gasteiger partial charge is 0.338 e. The second-order valence-corrected chi connectivity index (χ2v) is 7.99. The molecule has 1 fully saturated rings. The predicted molar refractivity (Wildman–Crippen MR) is 117 cm³/mol. The molecule has 5 heteroatoms. The Kier molecular flexibility index (Phi) is 6.89. The summed E-state index contributed by atoms with van der Waals surface area (Å²) in [5.41, 5.74) is 3.41. The van der Waals surface area contributed by atoms with E-state index in [1.54, 1.807) is 12.1 Å². The summed E-state index contributed by atoms with van der Waals surface area (Å²) in [5, 5.41) is 9.00. The third kappa shape index (κ3) is 4.71. The van der Waals surface area contributed by atoms with Crippen molar-refractivity contribution in [1.82, 2.24) is 9.80 Å². The van der Waals surface area contributed by atoms with Gasteiger partial charge in [0.2, 0.25) is 5.91 Å². The Morgan fingerprint density at radius 1 is 1.17 bits per heavy atom. The molecule has 2 amide bonds. The summed E-state index contributed by atoms with van der Waals surface area (Å²) in [6.45, 7) is 7.74. The molecule has 1 saturated heterocycles. The molecule has 0 N–H and O–H groups in total. The summed E-state index contributed by atoms with van der Waals surface area (Å²) in [4.78, 5) is 30.0. The van der Waals surface area contributed by atoms with Crippen molar-refractivity contribution in [3.63, 3.8) is 0 Å². The van der Waals surface area contributed by atoms with Crippen molar-refractivity contribution in [2.75, 3.05) is 19.6 Å². The third-order valence-electron chi connectivity index (χ3n) is 5.97. The van der Waals surface area contributed by atoms with Crippen LogP contribution >= 0.6 is 0 Å². The van der Waals surface area contributed by atoms with E-state index < -0.39 is 0 Å². The Bertz CT molecular complexity index is 928. The van der Waals surface area contributed by atoms with E-state index in [0.29, 0.717) is 30.8 Å². The zero-order chi connectivity index (χ0) is 21.7. The van der Waals surface area contributed by atoms with Gasteiger partial charge < -0.3 is 9.80 Å². The van der Waals surface area contributed by atoms with Crippen LogP contribution in [0.3, 0.4) is 0 Å². The monoisotopic (exact) mass is 403 g/mol. The minimum atomic E-state index is -0.186. The zero-order valence-corrected chi connectivity index (χ0v) is 18.0. The molecule has 5 nitrogen and oxygen atoms in total. The molecule has 0 aliphatic carbocycles. The summed E-state index contributed by atoms with van der Waals surface area (Å²) in [6.07, 6.45) is 1.63. The SMILES string of the molecule is CCN(C(=O)C1CCCN(C(=O)c2ccc(C)cc2)C1)C(C)c1ccc(C#N)cc1. The Balaban J connectivity index is 1.71. The normalized spacial score (nSPS) is 17.1. The van der Waals surface area contributed by atoms with Crippen LogP contribution in [-0.4, -0.2) is 41.2 Å². The number of aryl methyl sites for hydroxylation is 1. The molecule has 2 atom stereocenters. The van der Waals surface area contributed by atoms with E-state index >= 15 is 0 Å². The van der Waals surface area contributed by atoms with Gasteiger partial charge in [0.25, 0.3) is 5.91 Å². The van der Waals surface area contributed by atoms with Gasteiger partial charge in [0.1, 0.15) is 0 Å². The molecule has 1 heterocycles. The van der Waals surface area contributed by atoms with Crippen molar-refractivity contribution in [3.05, 3.63) is 70.8 Å². The predicted octanol–water partition coefficient (Wildman–Crippen LogP) is 4.33. The van der Waals surface area contributed by atoms with Gasteiger partial charge in [-0.25, -0.2) is 0 Å². The van der Waals surface area contributed by atoms with Crippen molar-refractivity contribution in [2.45, 2.75) is 39.7 Å². The van der Waals surface area contributed by atoms with E-state index in [1.807, 2.05) is 67.0 Å². The van der Waals surface area contributed by atoms with Crippen LogP contribution in [0, 0.1) is 24.2 Å². The van der Waals surface area contributed by atoms with Crippen molar-refractivity contribution < 1.29 is 9.59 Å². The maximum atomic E-state index is 13.4. The minimum Gasteiger partial charge on any atom is -0.338 e. The van der Waals surface area contributed by atoms with Gasteiger partial charge in [0.05, 0.1) is 23.6 Å². The first-order chi connectivity index (χ1) is 14.4. The number of rotatable bonds is 5. The molecule has 3 rings (SSSR count). The van der Waals surface area contributed by atoms with Crippen molar-refractivity contribution in [1.29, 1.82) is 5.26 Å². The third-order valence-corrected chi connectivity index (χ3v) is 5.97. The number of likely N-dealkylation sites (tertiary alicyclic amines) is 1. The molecule has 2 aromatic rings. The summed E-state index contributed by atoms with van der Waals surface area (Å²) in [5.74, 6) is -0.0969. The first kappa shape index (κ1) is 21.6. The highest BCUT2D eigenvalue weighted by molar-refractivity contribution is 5.94. The van der Waals surface area contributed by atoms with E-state index in [9.17, 15) is 9.59 Å². The van der Waals surface area contributed by atoms with Gasteiger partial charge in [-0.2, -0.15) is 5.26 Å². The number of piperidine rings is 1. The molecule has 30 heavy (non-hydrogen) atoms. The van der Waals surface area contributed by atoms with E-state index in [0.717, 1.165) is 24.0 Å². The molecule has 0 saturated carbocycles. The van der Waals surface area contributed by atoms with E-state index in [4.69, 9.17) is 5.26 Å². The lowest BCUT2D eigenvalue weighted by Gasteiger charge is -2.37. The number of hydrogen-bond donors (Lipinski definition) is 0. The zero-order valence-electron chi connectivity index (χ0n) is 18.0. The Labute approximate surface area is 178 Å². The van der Waals surface area contributed by atoms with E-state index in [-0.39, 0.29) is 23.8 Å². The topological polar surface area (TPSA) is 64.4 Å². The molecule has 1 aliphatic rings. The van der Waals surface area contributed by atoms with Crippen LogP contribution in [0.4, 0.5) is 0 Å². The highest BCUT2D eigenvalue weighted by Crippen LogP contribution is 2.26.